The number of amides is 4. The Bertz CT molecular complexity index is 1490. The molecule has 11 heteroatoms. The van der Waals surface area contributed by atoms with Crippen molar-refractivity contribution in [1.82, 2.24) is 15.5 Å². The Morgan fingerprint density at radius 1 is 0.765 bits per heavy atom. The number of rotatable bonds is 16. The highest BCUT2D eigenvalue weighted by molar-refractivity contribution is 5.94. The Balaban J connectivity index is 2.78. The summed E-state index contributed by atoms with van der Waals surface area (Å²) < 4.78 is 11.2. The fraction of sp³-hybridized carbons (Fsp3) is 0.575. The van der Waals surface area contributed by atoms with E-state index in [9.17, 15) is 24.0 Å². The van der Waals surface area contributed by atoms with E-state index in [1.807, 2.05) is 63.2 Å². The third-order valence-corrected chi connectivity index (χ3v) is 8.32. The minimum absolute atomic E-state index is 0.115. The van der Waals surface area contributed by atoms with Crippen LogP contribution in [0, 0.1) is 19.8 Å². The van der Waals surface area contributed by atoms with Crippen molar-refractivity contribution in [3.8, 4) is 0 Å². The van der Waals surface area contributed by atoms with Crippen LogP contribution in [0.15, 0.2) is 48.5 Å². The highest BCUT2D eigenvalue weighted by atomic mass is 16.6. The van der Waals surface area contributed by atoms with Crippen molar-refractivity contribution in [3.05, 3.63) is 70.8 Å². The quantitative estimate of drug-likeness (QED) is 0.175. The third kappa shape index (κ3) is 14.4. The SMILES string of the molecule is Cc1cccc(C(C(=O)NC(Cc2ccccc2)C(=O)OC(C)(C)C)N(C(=O)C(CCC(N)=O)NC(=O)OC(C)(C)C)C(C)CCC(C)C)c1C. The van der Waals surface area contributed by atoms with E-state index in [-0.39, 0.29) is 19.3 Å². The van der Waals surface area contributed by atoms with Crippen molar-refractivity contribution < 1.29 is 33.4 Å². The van der Waals surface area contributed by atoms with E-state index in [0.717, 1.165) is 23.1 Å². The fourth-order valence-electron chi connectivity index (χ4n) is 5.64. The molecule has 4 N–H and O–H groups in total. The number of nitrogens with zero attached hydrogens (tertiary/aromatic N) is 1. The molecule has 4 unspecified atom stereocenters. The molecule has 0 aliphatic heterocycles. The molecular weight excluding hydrogens is 648 g/mol. The van der Waals surface area contributed by atoms with E-state index in [2.05, 4.69) is 24.5 Å². The first-order chi connectivity index (χ1) is 23.6. The molecule has 0 heterocycles. The molecule has 0 aromatic heterocycles. The van der Waals surface area contributed by atoms with Crippen molar-refractivity contribution in [2.24, 2.45) is 11.7 Å². The van der Waals surface area contributed by atoms with Crippen LogP contribution in [0.3, 0.4) is 0 Å². The highest BCUT2D eigenvalue weighted by Gasteiger charge is 2.41. The summed E-state index contributed by atoms with van der Waals surface area (Å²) in [6, 6.07) is 10.7. The number of nitrogens with one attached hydrogen (secondary N) is 2. The normalized spacial score (nSPS) is 14.1. The average molecular weight is 709 g/mol. The molecule has 0 aliphatic carbocycles. The lowest BCUT2D eigenvalue weighted by molar-refractivity contribution is -0.159. The van der Waals surface area contributed by atoms with Gasteiger partial charge in [-0.05, 0) is 110 Å². The lowest BCUT2D eigenvalue weighted by atomic mass is 9.92. The Morgan fingerprint density at radius 3 is 1.92 bits per heavy atom. The lowest BCUT2D eigenvalue weighted by Gasteiger charge is -2.40. The number of hydrogen-bond acceptors (Lipinski definition) is 7. The van der Waals surface area contributed by atoms with Crippen molar-refractivity contribution >= 4 is 29.8 Å². The van der Waals surface area contributed by atoms with Crippen LogP contribution in [0.5, 0.6) is 0 Å². The second-order valence-corrected chi connectivity index (χ2v) is 15.7. The van der Waals surface area contributed by atoms with Gasteiger partial charge in [0.05, 0.1) is 0 Å². The Morgan fingerprint density at radius 2 is 1.37 bits per heavy atom. The number of ether oxygens (including phenoxy) is 2. The number of benzene rings is 2. The Labute approximate surface area is 304 Å². The van der Waals surface area contributed by atoms with Gasteiger partial charge in [0.1, 0.15) is 29.3 Å². The maximum absolute atomic E-state index is 14.9. The summed E-state index contributed by atoms with van der Waals surface area (Å²) in [6.07, 6.45) is 0.271. The van der Waals surface area contributed by atoms with E-state index in [1.165, 1.54) is 4.90 Å². The van der Waals surface area contributed by atoms with Crippen LogP contribution in [0.4, 0.5) is 4.79 Å². The summed E-state index contributed by atoms with van der Waals surface area (Å²) in [7, 11) is 0. The van der Waals surface area contributed by atoms with Crippen LogP contribution in [-0.2, 0) is 35.1 Å². The molecule has 11 nitrogen and oxygen atoms in total. The van der Waals surface area contributed by atoms with Crippen LogP contribution in [0.1, 0.15) is 116 Å². The summed E-state index contributed by atoms with van der Waals surface area (Å²) in [5, 5.41) is 5.61. The first-order valence-electron chi connectivity index (χ1n) is 17.8. The van der Waals surface area contributed by atoms with E-state index in [0.29, 0.717) is 17.9 Å². The van der Waals surface area contributed by atoms with Crippen LogP contribution < -0.4 is 16.4 Å². The average Bonchev–Trinajstić information content (AvgIpc) is 3.00. The van der Waals surface area contributed by atoms with Gasteiger partial charge in [-0.1, -0.05) is 62.4 Å². The zero-order valence-corrected chi connectivity index (χ0v) is 32.4. The van der Waals surface area contributed by atoms with Gasteiger partial charge >= 0.3 is 12.1 Å². The van der Waals surface area contributed by atoms with Crippen LogP contribution in [-0.4, -0.2) is 64.0 Å². The number of alkyl carbamates (subject to hydrolysis) is 1. The second-order valence-electron chi connectivity index (χ2n) is 15.7. The van der Waals surface area contributed by atoms with Crippen molar-refractivity contribution in [1.29, 1.82) is 0 Å². The van der Waals surface area contributed by atoms with Gasteiger partial charge in [-0.15, -0.1) is 0 Å². The molecule has 4 atom stereocenters. The number of carbonyl (C=O) groups excluding carboxylic acids is 5. The minimum atomic E-state index is -1.25. The molecule has 282 valence electrons. The molecule has 4 amide bonds. The van der Waals surface area contributed by atoms with Crippen LogP contribution in [0.25, 0.3) is 0 Å². The molecule has 0 fully saturated rings. The van der Waals surface area contributed by atoms with Gasteiger partial charge in [-0.25, -0.2) is 9.59 Å². The van der Waals surface area contributed by atoms with E-state index in [1.54, 1.807) is 47.6 Å². The second kappa shape index (κ2) is 18.7. The summed E-state index contributed by atoms with van der Waals surface area (Å²) in [5.74, 6) is -2.15. The Kier molecular flexibility index (Phi) is 15.7. The van der Waals surface area contributed by atoms with Gasteiger partial charge in [0.15, 0.2) is 0 Å². The minimum Gasteiger partial charge on any atom is -0.458 e. The zero-order valence-electron chi connectivity index (χ0n) is 32.4. The van der Waals surface area contributed by atoms with Crippen LogP contribution in [0.2, 0.25) is 0 Å². The number of esters is 1. The number of carbonyl (C=O) groups is 5. The number of hydrogen-bond donors (Lipinski definition) is 3. The lowest BCUT2D eigenvalue weighted by Crippen LogP contribution is -2.57. The van der Waals surface area contributed by atoms with Gasteiger partial charge in [-0.2, -0.15) is 0 Å². The largest absolute Gasteiger partial charge is 0.458 e. The summed E-state index contributed by atoms with van der Waals surface area (Å²) in [5.41, 5.74) is 6.88. The predicted molar refractivity (Wildman–Crippen MR) is 199 cm³/mol. The molecule has 2 aromatic carbocycles. The summed E-state index contributed by atoms with van der Waals surface area (Å²) in [4.78, 5) is 69.9. The molecule has 0 saturated carbocycles. The van der Waals surface area contributed by atoms with E-state index < -0.39 is 65.2 Å². The topological polar surface area (TPSA) is 157 Å². The van der Waals surface area contributed by atoms with Crippen molar-refractivity contribution in [2.75, 3.05) is 0 Å². The van der Waals surface area contributed by atoms with Crippen molar-refractivity contribution in [2.45, 2.75) is 144 Å². The maximum Gasteiger partial charge on any atom is 0.408 e. The molecule has 51 heavy (non-hydrogen) atoms. The molecular formula is C40H60N4O7. The van der Waals surface area contributed by atoms with E-state index >= 15 is 0 Å². The molecule has 0 aliphatic rings. The number of aryl methyl sites for hydroxylation is 1. The summed E-state index contributed by atoms with van der Waals surface area (Å²) >= 11 is 0. The molecule has 0 spiro atoms. The molecule has 0 bridgehead atoms. The van der Waals surface area contributed by atoms with E-state index in [4.69, 9.17) is 15.2 Å². The van der Waals surface area contributed by atoms with Gasteiger partial charge in [0, 0.05) is 18.9 Å². The number of nitrogens with two attached hydrogens (primary N) is 1. The fourth-order valence-corrected chi connectivity index (χ4v) is 5.64. The molecule has 0 saturated heterocycles. The first-order valence-corrected chi connectivity index (χ1v) is 17.8. The van der Waals surface area contributed by atoms with Crippen LogP contribution >= 0.6 is 0 Å². The monoisotopic (exact) mass is 708 g/mol. The van der Waals surface area contributed by atoms with Gasteiger partial charge in [-0.3, -0.25) is 14.4 Å². The first kappa shape index (κ1) is 42.8. The summed E-state index contributed by atoms with van der Waals surface area (Å²) in [6.45, 7) is 20.2. The molecule has 2 aromatic rings. The van der Waals surface area contributed by atoms with Gasteiger partial charge < -0.3 is 30.7 Å². The highest BCUT2D eigenvalue weighted by Crippen LogP contribution is 2.31. The molecule has 2 rings (SSSR count). The van der Waals surface area contributed by atoms with Gasteiger partial charge in [0.25, 0.3) is 0 Å². The number of primary amides is 1. The van der Waals surface area contributed by atoms with Crippen molar-refractivity contribution in [3.63, 3.8) is 0 Å². The standard InChI is InChI=1S/C40H60N4O7/c1-25(2)20-21-27(4)44(36(47)31(22-23-33(41)45)43-38(49)51-40(9,10)11)34(30-19-15-16-26(3)28(30)5)35(46)42-32(37(48)50-39(6,7)8)24-29-17-13-12-14-18-29/h12-19,25,27,31-32,34H,20-24H2,1-11H3,(H2,41,45)(H,42,46)(H,43,49). The predicted octanol–water partition coefficient (Wildman–Crippen LogP) is 6.23. The third-order valence-electron chi connectivity index (χ3n) is 8.32. The zero-order chi connectivity index (χ0) is 38.7. The smallest absolute Gasteiger partial charge is 0.408 e. The maximum atomic E-state index is 14.9. The Hall–Kier alpha value is -4.41. The van der Waals surface area contributed by atoms with Gasteiger partial charge in [0.2, 0.25) is 17.7 Å². The molecule has 0 radical (unpaired) electrons.